The smallest absolute Gasteiger partial charge is 0.377 e. The standard InChI is InChI=1S/C20H19F3N2/c1-5-14-8-9-18-15(7-6-10-25(14)18)16-12-19(24(3)4)13(2)11-17(16)20(21,22)23/h5-12H,1H2,2-4H3. The van der Waals surface area contributed by atoms with Crippen LogP contribution in [0.1, 0.15) is 16.8 Å². The molecule has 0 aliphatic heterocycles. The Bertz CT molecular complexity index is 949. The van der Waals surface area contributed by atoms with E-state index in [4.69, 9.17) is 0 Å². The second-order valence-electron chi connectivity index (χ2n) is 6.22. The van der Waals surface area contributed by atoms with Gasteiger partial charge in [-0.05, 0) is 54.5 Å². The lowest BCUT2D eigenvalue weighted by Gasteiger charge is -2.21. The fourth-order valence-electron chi connectivity index (χ4n) is 3.19. The Morgan fingerprint density at radius 2 is 1.80 bits per heavy atom. The number of aromatic nitrogens is 1. The third kappa shape index (κ3) is 2.90. The van der Waals surface area contributed by atoms with Gasteiger partial charge in [0.2, 0.25) is 0 Å². The zero-order valence-corrected chi connectivity index (χ0v) is 14.4. The van der Waals surface area contributed by atoms with Gasteiger partial charge in [-0.2, -0.15) is 13.2 Å². The van der Waals surface area contributed by atoms with Gasteiger partial charge < -0.3 is 9.30 Å². The van der Waals surface area contributed by atoms with Gasteiger partial charge in [-0.1, -0.05) is 12.6 Å². The van der Waals surface area contributed by atoms with E-state index in [0.29, 0.717) is 11.1 Å². The van der Waals surface area contributed by atoms with Crippen LogP contribution in [0.4, 0.5) is 18.9 Å². The first kappa shape index (κ1) is 17.1. The van der Waals surface area contributed by atoms with Crippen molar-refractivity contribution in [3.8, 4) is 11.1 Å². The summed E-state index contributed by atoms with van der Waals surface area (Å²) in [5.74, 6) is 0. The minimum atomic E-state index is -4.42. The van der Waals surface area contributed by atoms with Gasteiger partial charge in [0.25, 0.3) is 0 Å². The molecule has 0 N–H and O–H groups in total. The molecule has 25 heavy (non-hydrogen) atoms. The van der Waals surface area contributed by atoms with Crippen molar-refractivity contribution < 1.29 is 13.2 Å². The zero-order chi connectivity index (χ0) is 18.4. The van der Waals surface area contributed by atoms with Crippen molar-refractivity contribution in [3.05, 3.63) is 66.0 Å². The van der Waals surface area contributed by atoms with E-state index < -0.39 is 11.7 Å². The number of hydrogen-bond acceptors (Lipinski definition) is 1. The highest BCUT2D eigenvalue weighted by Gasteiger charge is 2.35. The highest BCUT2D eigenvalue weighted by Crippen LogP contribution is 2.41. The first-order chi connectivity index (χ1) is 11.7. The highest BCUT2D eigenvalue weighted by atomic mass is 19.4. The lowest BCUT2D eigenvalue weighted by atomic mass is 9.95. The van der Waals surface area contributed by atoms with Crippen LogP contribution in [0.15, 0.2) is 49.2 Å². The number of rotatable bonds is 3. The summed E-state index contributed by atoms with van der Waals surface area (Å²) in [6.45, 7) is 5.45. The number of anilines is 1. The first-order valence-electron chi connectivity index (χ1n) is 7.86. The van der Waals surface area contributed by atoms with Crippen LogP contribution in [-0.4, -0.2) is 18.5 Å². The van der Waals surface area contributed by atoms with E-state index in [1.807, 2.05) is 41.7 Å². The number of nitrogens with zero attached hydrogens (tertiary/aromatic N) is 2. The number of fused-ring (bicyclic) bond motifs is 1. The van der Waals surface area contributed by atoms with Gasteiger partial charge in [0.15, 0.2) is 0 Å². The molecule has 130 valence electrons. The highest BCUT2D eigenvalue weighted by molar-refractivity contribution is 5.86. The summed E-state index contributed by atoms with van der Waals surface area (Å²) in [7, 11) is 3.65. The van der Waals surface area contributed by atoms with Gasteiger partial charge in [0.1, 0.15) is 0 Å². The average Bonchev–Trinajstić information content (AvgIpc) is 2.96. The number of hydrogen-bond donors (Lipinski definition) is 0. The van der Waals surface area contributed by atoms with Crippen molar-refractivity contribution in [1.82, 2.24) is 4.40 Å². The summed E-state index contributed by atoms with van der Waals surface area (Å²) < 4.78 is 42.9. The summed E-state index contributed by atoms with van der Waals surface area (Å²) in [5, 5.41) is 0. The van der Waals surface area contributed by atoms with Gasteiger partial charge >= 0.3 is 6.18 Å². The molecule has 0 atom stereocenters. The Morgan fingerprint density at radius 3 is 2.40 bits per heavy atom. The lowest BCUT2D eigenvalue weighted by Crippen LogP contribution is -2.14. The monoisotopic (exact) mass is 344 g/mol. The van der Waals surface area contributed by atoms with E-state index >= 15 is 0 Å². The molecule has 0 unspecified atom stereocenters. The third-order valence-electron chi connectivity index (χ3n) is 4.35. The summed E-state index contributed by atoms with van der Waals surface area (Å²) >= 11 is 0. The average molecular weight is 344 g/mol. The van der Waals surface area contributed by atoms with Crippen molar-refractivity contribution >= 4 is 17.3 Å². The normalized spacial score (nSPS) is 11.8. The molecule has 1 aromatic carbocycles. The van der Waals surface area contributed by atoms with Crippen molar-refractivity contribution in [1.29, 1.82) is 0 Å². The van der Waals surface area contributed by atoms with Crippen molar-refractivity contribution in [3.63, 3.8) is 0 Å². The predicted octanol–water partition coefficient (Wildman–Crippen LogP) is 5.64. The van der Waals surface area contributed by atoms with Gasteiger partial charge in [-0.3, -0.25) is 0 Å². The molecule has 2 nitrogen and oxygen atoms in total. The SMILES string of the molecule is C=Cc1ccc2c(-c3cc(N(C)C)c(C)cc3C(F)(F)F)cccn12. The summed E-state index contributed by atoms with van der Waals surface area (Å²) in [6, 6.07) is 9.99. The van der Waals surface area contributed by atoms with Crippen LogP contribution < -0.4 is 4.90 Å². The molecule has 0 bridgehead atoms. The number of alkyl halides is 3. The second-order valence-corrected chi connectivity index (χ2v) is 6.22. The molecule has 3 rings (SSSR count). The largest absolute Gasteiger partial charge is 0.417 e. The molecule has 0 amide bonds. The fourth-order valence-corrected chi connectivity index (χ4v) is 3.19. The topological polar surface area (TPSA) is 7.65 Å². The molecular formula is C20H19F3N2. The summed E-state index contributed by atoms with van der Waals surface area (Å²) in [5.41, 5.74) is 3.02. The first-order valence-corrected chi connectivity index (χ1v) is 7.86. The molecule has 0 radical (unpaired) electrons. The zero-order valence-electron chi connectivity index (χ0n) is 14.4. The van der Waals surface area contributed by atoms with E-state index in [1.165, 1.54) is 6.07 Å². The molecule has 0 spiro atoms. The van der Waals surface area contributed by atoms with Gasteiger partial charge in [0.05, 0.1) is 11.1 Å². The van der Waals surface area contributed by atoms with Crippen LogP contribution in [0.3, 0.4) is 0 Å². The predicted molar refractivity (Wildman–Crippen MR) is 97.0 cm³/mol. The van der Waals surface area contributed by atoms with Gasteiger partial charge in [-0.25, -0.2) is 0 Å². The van der Waals surface area contributed by atoms with E-state index in [0.717, 1.165) is 16.9 Å². The Labute approximate surface area is 144 Å². The van der Waals surface area contributed by atoms with E-state index in [1.54, 1.807) is 31.2 Å². The van der Waals surface area contributed by atoms with Crippen LogP contribution >= 0.6 is 0 Å². The molecule has 0 saturated carbocycles. The molecule has 3 aromatic rings. The van der Waals surface area contributed by atoms with Crippen LogP contribution in [0, 0.1) is 6.92 Å². The number of benzene rings is 1. The molecule has 2 heterocycles. The fraction of sp³-hybridized carbons (Fsp3) is 0.200. The molecule has 0 aliphatic carbocycles. The van der Waals surface area contributed by atoms with E-state index in [2.05, 4.69) is 6.58 Å². The lowest BCUT2D eigenvalue weighted by molar-refractivity contribution is -0.137. The molecule has 0 fully saturated rings. The molecular weight excluding hydrogens is 325 g/mol. The van der Waals surface area contributed by atoms with Crippen LogP contribution in [-0.2, 0) is 6.18 Å². The summed E-state index contributed by atoms with van der Waals surface area (Å²) in [4.78, 5) is 1.83. The van der Waals surface area contributed by atoms with Crippen LogP contribution in [0.5, 0.6) is 0 Å². The molecule has 0 aliphatic rings. The maximum absolute atomic E-state index is 13.7. The Balaban J connectivity index is 2.38. The van der Waals surface area contributed by atoms with Crippen molar-refractivity contribution in [2.24, 2.45) is 0 Å². The maximum atomic E-state index is 13.7. The quantitative estimate of drug-likeness (QED) is 0.596. The van der Waals surface area contributed by atoms with Crippen molar-refractivity contribution in [2.45, 2.75) is 13.1 Å². The second kappa shape index (κ2) is 5.99. The van der Waals surface area contributed by atoms with Gasteiger partial charge in [0, 0.05) is 37.2 Å². The Hall–Kier alpha value is -2.69. The molecule has 2 aromatic heterocycles. The third-order valence-corrected chi connectivity index (χ3v) is 4.35. The van der Waals surface area contributed by atoms with E-state index in [-0.39, 0.29) is 5.56 Å². The molecule has 0 saturated heterocycles. The number of halogens is 3. The van der Waals surface area contributed by atoms with Gasteiger partial charge in [-0.15, -0.1) is 0 Å². The van der Waals surface area contributed by atoms with E-state index in [9.17, 15) is 13.2 Å². The minimum Gasteiger partial charge on any atom is -0.377 e. The number of aryl methyl sites for hydroxylation is 1. The maximum Gasteiger partial charge on any atom is 0.417 e. The Kier molecular flexibility index (Phi) is 4.11. The van der Waals surface area contributed by atoms with Crippen LogP contribution in [0.2, 0.25) is 0 Å². The summed E-state index contributed by atoms with van der Waals surface area (Å²) in [6.07, 6.45) is -0.919. The number of pyridine rings is 1. The van der Waals surface area contributed by atoms with Crippen LogP contribution in [0.25, 0.3) is 22.7 Å². The minimum absolute atomic E-state index is 0.182. The molecule has 5 heteroatoms. The van der Waals surface area contributed by atoms with Crippen molar-refractivity contribution in [2.75, 3.05) is 19.0 Å². The Morgan fingerprint density at radius 1 is 1.08 bits per heavy atom.